The van der Waals surface area contributed by atoms with E-state index in [0.717, 1.165) is 4.90 Å². The summed E-state index contributed by atoms with van der Waals surface area (Å²) in [6, 6.07) is 13.6. The van der Waals surface area contributed by atoms with Crippen LogP contribution >= 0.6 is 11.6 Å². The van der Waals surface area contributed by atoms with Crippen LogP contribution in [0.15, 0.2) is 52.9 Å². The predicted octanol–water partition coefficient (Wildman–Crippen LogP) is 3.19. The van der Waals surface area contributed by atoms with Gasteiger partial charge in [-0.3, -0.25) is 9.59 Å². The normalized spacial score (nSPS) is 13.5. The summed E-state index contributed by atoms with van der Waals surface area (Å²) in [5.41, 5.74) is 1.07. The quantitative estimate of drug-likeness (QED) is 0.676. The molecule has 0 fully saturated rings. The number of aromatic nitrogens is 2. The van der Waals surface area contributed by atoms with Gasteiger partial charge in [-0.15, -0.1) is 5.10 Å². The number of benzene rings is 2. The Hall–Kier alpha value is -2.99. The molecule has 23 heavy (non-hydrogen) atoms. The van der Waals surface area contributed by atoms with Gasteiger partial charge in [0.25, 0.3) is 11.8 Å². The van der Waals surface area contributed by atoms with Crippen LogP contribution < -0.4 is 4.90 Å². The molecule has 0 aliphatic carbocycles. The lowest BCUT2D eigenvalue weighted by molar-refractivity contribution is 0.0919. The van der Waals surface area contributed by atoms with Gasteiger partial charge in [-0.1, -0.05) is 41.0 Å². The summed E-state index contributed by atoms with van der Waals surface area (Å²) in [4.78, 5) is 25.7. The summed E-state index contributed by atoms with van der Waals surface area (Å²) in [5.74, 6) is -0.877. The third kappa shape index (κ3) is 2.03. The Balaban J connectivity index is 1.76. The second kappa shape index (κ2) is 5.03. The van der Waals surface area contributed by atoms with Gasteiger partial charge in [0.15, 0.2) is 0 Å². The first-order valence-electron chi connectivity index (χ1n) is 6.73. The minimum absolute atomic E-state index is 0.152. The van der Waals surface area contributed by atoms with E-state index in [-0.39, 0.29) is 28.1 Å². The first kappa shape index (κ1) is 13.7. The topological polar surface area (TPSA) is 76.3 Å². The number of fused-ring (bicyclic) bond motifs is 1. The highest BCUT2D eigenvalue weighted by molar-refractivity contribution is 6.41. The van der Waals surface area contributed by atoms with Crippen molar-refractivity contribution >= 4 is 29.4 Å². The summed E-state index contributed by atoms with van der Waals surface area (Å²) in [6.45, 7) is 0. The third-order valence-corrected chi connectivity index (χ3v) is 3.81. The van der Waals surface area contributed by atoms with Gasteiger partial charge in [0.05, 0.1) is 16.1 Å². The highest BCUT2D eigenvalue weighted by Crippen LogP contribution is 2.33. The van der Waals surface area contributed by atoms with Gasteiger partial charge in [-0.2, -0.15) is 4.90 Å². The van der Waals surface area contributed by atoms with Crippen LogP contribution in [0.2, 0.25) is 5.02 Å². The average Bonchev–Trinajstić information content (AvgIpc) is 3.13. The van der Waals surface area contributed by atoms with Gasteiger partial charge < -0.3 is 4.42 Å². The number of halogens is 1. The molecule has 6 nitrogen and oxygen atoms in total. The zero-order valence-corrected chi connectivity index (χ0v) is 12.3. The van der Waals surface area contributed by atoms with Crippen molar-refractivity contribution < 1.29 is 14.0 Å². The number of anilines is 1. The first-order chi connectivity index (χ1) is 11.2. The van der Waals surface area contributed by atoms with Crippen LogP contribution in [0.1, 0.15) is 20.7 Å². The molecule has 0 unspecified atom stereocenters. The summed E-state index contributed by atoms with van der Waals surface area (Å²) >= 11 is 6.02. The number of carbonyl (C=O) groups excluding carboxylic acids is 2. The van der Waals surface area contributed by atoms with E-state index in [1.54, 1.807) is 24.3 Å². The zero-order valence-electron chi connectivity index (χ0n) is 11.6. The lowest BCUT2D eigenvalue weighted by Crippen LogP contribution is -2.29. The monoisotopic (exact) mass is 325 g/mol. The fourth-order valence-corrected chi connectivity index (χ4v) is 2.68. The van der Waals surface area contributed by atoms with Crippen molar-refractivity contribution in [3.05, 3.63) is 64.7 Å². The standard InChI is InChI=1S/C16H8ClN3O3/c17-11-8-4-7-10-12(11)15(22)20(14(10)21)16-19-18-13(23-16)9-5-2-1-3-6-9/h1-8H. The van der Waals surface area contributed by atoms with E-state index in [1.807, 2.05) is 18.2 Å². The van der Waals surface area contributed by atoms with Gasteiger partial charge in [0.1, 0.15) is 0 Å². The molecule has 1 aliphatic heterocycles. The molecule has 0 atom stereocenters. The van der Waals surface area contributed by atoms with Crippen molar-refractivity contribution in [1.82, 2.24) is 10.2 Å². The molecule has 2 amide bonds. The Bertz CT molecular complexity index is 937. The number of nitrogens with zero attached hydrogens (tertiary/aromatic N) is 3. The molecule has 0 N–H and O–H groups in total. The number of carbonyl (C=O) groups is 2. The lowest BCUT2D eigenvalue weighted by atomic mass is 10.1. The second-order valence-corrected chi connectivity index (χ2v) is 5.27. The van der Waals surface area contributed by atoms with E-state index in [1.165, 1.54) is 6.07 Å². The molecule has 1 aliphatic rings. The van der Waals surface area contributed by atoms with Crippen LogP contribution in [0.3, 0.4) is 0 Å². The summed E-state index contributed by atoms with van der Waals surface area (Å²) in [7, 11) is 0. The minimum atomic E-state index is -0.570. The molecule has 2 heterocycles. The van der Waals surface area contributed by atoms with Crippen molar-refractivity contribution in [3.8, 4) is 11.5 Å². The molecular weight excluding hydrogens is 318 g/mol. The van der Waals surface area contributed by atoms with Crippen molar-refractivity contribution in [2.45, 2.75) is 0 Å². The summed E-state index contributed by atoms with van der Waals surface area (Å²) in [6.07, 6.45) is 0. The van der Waals surface area contributed by atoms with Gasteiger partial charge in [0.2, 0.25) is 5.89 Å². The summed E-state index contributed by atoms with van der Waals surface area (Å²) in [5, 5.41) is 7.92. The average molecular weight is 326 g/mol. The SMILES string of the molecule is O=C1c2cccc(Cl)c2C(=O)N1c1nnc(-c2ccccc2)o1. The van der Waals surface area contributed by atoms with E-state index in [2.05, 4.69) is 10.2 Å². The third-order valence-electron chi connectivity index (χ3n) is 3.49. The minimum Gasteiger partial charge on any atom is -0.403 e. The van der Waals surface area contributed by atoms with Crippen LogP contribution in [-0.2, 0) is 0 Å². The Morgan fingerprint density at radius 3 is 2.43 bits per heavy atom. The maximum absolute atomic E-state index is 12.5. The molecule has 3 aromatic rings. The van der Waals surface area contributed by atoms with Crippen LogP contribution in [0.5, 0.6) is 0 Å². The van der Waals surface area contributed by atoms with Crippen molar-refractivity contribution in [1.29, 1.82) is 0 Å². The number of hydrogen-bond acceptors (Lipinski definition) is 5. The molecule has 7 heteroatoms. The molecule has 0 spiro atoms. The van der Waals surface area contributed by atoms with Crippen LogP contribution in [0.4, 0.5) is 6.01 Å². The largest absolute Gasteiger partial charge is 0.403 e. The predicted molar refractivity (Wildman–Crippen MR) is 82.3 cm³/mol. The van der Waals surface area contributed by atoms with E-state index in [4.69, 9.17) is 16.0 Å². The Morgan fingerprint density at radius 1 is 0.913 bits per heavy atom. The molecule has 0 saturated carbocycles. The summed E-state index contributed by atoms with van der Waals surface area (Å²) < 4.78 is 5.48. The lowest BCUT2D eigenvalue weighted by Gasteiger charge is -2.06. The molecule has 0 bridgehead atoms. The van der Waals surface area contributed by atoms with Gasteiger partial charge in [-0.25, -0.2) is 0 Å². The van der Waals surface area contributed by atoms with Crippen molar-refractivity contribution in [2.24, 2.45) is 0 Å². The van der Waals surface area contributed by atoms with Gasteiger partial charge >= 0.3 is 6.01 Å². The van der Waals surface area contributed by atoms with E-state index in [0.29, 0.717) is 5.56 Å². The van der Waals surface area contributed by atoms with E-state index in [9.17, 15) is 9.59 Å². The molecule has 112 valence electrons. The van der Waals surface area contributed by atoms with Crippen LogP contribution in [0, 0.1) is 0 Å². The molecule has 0 radical (unpaired) electrons. The Labute approximate surface area is 135 Å². The first-order valence-corrected chi connectivity index (χ1v) is 7.11. The molecule has 1 aromatic heterocycles. The molecular formula is C16H8ClN3O3. The zero-order chi connectivity index (χ0) is 16.0. The van der Waals surface area contributed by atoms with Gasteiger partial charge in [-0.05, 0) is 24.3 Å². The number of hydrogen-bond donors (Lipinski definition) is 0. The van der Waals surface area contributed by atoms with Gasteiger partial charge in [0, 0.05) is 5.56 Å². The Kier molecular flexibility index (Phi) is 2.99. The highest BCUT2D eigenvalue weighted by Gasteiger charge is 2.41. The Morgan fingerprint density at radius 2 is 1.70 bits per heavy atom. The smallest absolute Gasteiger partial charge is 0.332 e. The number of rotatable bonds is 2. The molecule has 4 rings (SSSR count). The number of imide groups is 1. The second-order valence-electron chi connectivity index (χ2n) is 4.86. The van der Waals surface area contributed by atoms with E-state index < -0.39 is 11.8 Å². The van der Waals surface area contributed by atoms with Crippen LogP contribution in [-0.4, -0.2) is 22.0 Å². The highest BCUT2D eigenvalue weighted by atomic mass is 35.5. The number of amides is 2. The van der Waals surface area contributed by atoms with Crippen molar-refractivity contribution in [3.63, 3.8) is 0 Å². The molecule has 2 aromatic carbocycles. The molecule has 0 saturated heterocycles. The fourth-order valence-electron chi connectivity index (χ4n) is 2.42. The van der Waals surface area contributed by atoms with E-state index >= 15 is 0 Å². The maximum Gasteiger partial charge on any atom is 0.332 e. The fraction of sp³-hybridized carbons (Fsp3) is 0. The van der Waals surface area contributed by atoms with Crippen molar-refractivity contribution in [2.75, 3.05) is 4.90 Å². The maximum atomic E-state index is 12.5. The van der Waals surface area contributed by atoms with Crippen LogP contribution in [0.25, 0.3) is 11.5 Å².